The van der Waals surface area contributed by atoms with Gasteiger partial charge in [-0.25, -0.2) is 4.98 Å². The molecule has 1 aliphatic heterocycles. The van der Waals surface area contributed by atoms with E-state index in [2.05, 4.69) is 20.7 Å². The van der Waals surface area contributed by atoms with Crippen LogP contribution in [0.2, 0.25) is 0 Å². The van der Waals surface area contributed by atoms with Crippen LogP contribution < -0.4 is 20.3 Å². The molecule has 0 spiro atoms. The minimum Gasteiger partial charge on any atom is -0.491 e. The monoisotopic (exact) mass is 496 g/mol. The topological polar surface area (TPSA) is 129 Å². The van der Waals surface area contributed by atoms with Gasteiger partial charge in [0, 0.05) is 37.5 Å². The predicted molar refractivity (Wildman–Crippen MR) is 142 cm³/mol. The lowest BCUT2D eigenvalue weighted by molar-refractivity contribution is -0.146. The van der Waals surface area contributed by atoms with Crippen molar-refractivity contribution < 1.29 is 14.3 Å². The van der Waals surface area contributed by atoms with Crippen molar-refractivity contribution in [3.63, 3.8) is 0 Å². The van der Waals surface area contributed by atoms with E-state index < -0.39 is 6.04 Å². The van der Waals surface area contributed by atoms with Gasteiger partial charge in [-0.1, -0.05) is 17.3 Å². The molecular formula is C26H36N6O4. The summed E-state index contributed by atoms with van der Waals surface area (Å²) in [6.45, 7) is 6.03. The highest BCUT2D eigenvalue weighted by atomic mass is 16.5. The molecule has 0 bridgehead atoms. The number of esters is 1. The van der Waals surface area contributed by atoms with Crippen molar-refractivity contribution >= 4 is 23.7 Å². The van der Waals surface area contributed by atoms with E-state index >= 15 is 0 Å². The van der Waals surface area contributed by atoms with Crippen LogP contribution in [-0.4, -0.2) is 69.7 Å². The van der Waals surface area contributed by atoms with Gasteiger partial charge in [0.2, 0.25) is 0 Å². The van der Waals surface area contributed by atoms with Gasteiger partial charge in [-0.3, -0.25) is 4.79 Å². The van der Waals surface area contributed by atoms with Gasteiger partial charge < -0.3 is 30.4 Å². The summed E-state index contributed by atoms with van der Waals surface area (Å²) in [5, 5.41) is 17.5. The molecule has 1 saturated heterocycles. The molecule has 194 valence electrons. The predicted octanol–water partition coefficient (Wildman–Crippen LogP) is 3.69. The number of ether oxygens (including phenoxy) is 2. The summed E-state index contributed by atoms with van der Waals surface area (Å²) in [6, 6.07) is 9.19. The number of piperidine rings is 1. The number of pyridine rings is 1. The molecule has 0 aliphatic carbocycles. The van der Waals surface area contributed by atoms with Crippen molar-refractivity contribution in [2.45, 2.75) is 38.8 Å². The SMILES string of the molecule is CNC[C@@H](COc1cccc(-c2cc(N3CCC(C(=O)OC)CC3)c(C=N)c(NC(C)C)n2)c1)N=O. The second kappa shape index (κ2) is 13.0. The second-order valence-corrected chi connectivity index (χ2v) is 9.17. The Bertz CT molecular complexity index is 1050. The lowest BCUT2D eigenvalue weighted by Gasteiger charge is -2.34. The number of benzene rings is 1. The van der Waals surface area contributed by atoms with Crippen molar-refractivity contribution in [3.8, 4) is 17.0 Å². The normalized spacial score (nSPS) is 14.9. The number of carbonyl (C=O) groups is 1. The summed E-state index contributed by atoms with van der Waals surface area (Å²) in [6.07, 6.45) is 2.71. The Morgan fingerprint density at radius 3 is 2.67 bits per heavy atom. The Labute approximate surface area is 212 Å². The van der Waals surface area contributed by atoms with Gasteiger partial charge in [-0.2, -0.15) is 4.91 Å². The number of aromatic nitrogens is 1. The van der Waals surface area contributed by atoms with E-state index in [4.69, 9.17) is 19.9 Å². The molecule has 0 amide bonds. The van der Waals surface area contributed by atoms with Crippen molar-refractivity contribution in [1.82, 2.24) is 10.3 Å². The number of nitroso groups, excluding NO2 is 1. The second-order valence-electron chi connectivity index (χ2n) is 9.17. The Morgan fingerprint density at radius 1 is 1.31 bits per heavy atom. The number of rotatable bonds is 12. The Kier molecular flexibility index (Phi) is 9.75. The van der Waals surface area contributed by atoms with E-state index in [0.29, 0.717) is 49.6 Å². The minimum atomic E-state index is -0.481. The molecule has 0 unspecified atom stereocenters. The number of nitrogens with one attached hydrogen (secondary N) is 3. The van der Waals surface area contributed by atoms with E-state index in [0.717, 1.165) is 16.9 Å². The number of carbonyl (C=O) groups excluding carboxylic acids is 1. The molecule has 0 saturated carbocycles. The first kappa shape index (κ1) is 27.1. The zero-order chi connectivity index (χ0) is 26.1. The van der Waals surface area contributed by atoms with Gasteiger partial charge in [0.15, 0.2) is 0 Å². The Balaban J connectivity index is 1.93. The van der Waals surface area contributed by atoms with Crippen LogP contribution in [0.15, 0.2) is 35.5 Å². The number of anilines is 2. The van der Waals surface area contributed by atoms with Gasteiger partial charge in [0.25, 0.3) is 0 Å². The number of methoxy groups -OCH3 is 1. The summed E-state index contributed by atoms with van der Waals surface area (Å²) in [4.78, 5) is 30.1. The van der Waals surface area contributed by atoms with Crippen LogP contribution in [0.1, 0.15) is 32.3 Å². The molecule has 1 fully saturated rings. The molecule has 1 aromatic heterocycles. The number of hydrogen-bond donors (Lipinski definition) is 3. The number of likely N-dealkylation sites (N-methyl/N-ethyl adjacent to an activating group) is 1. The number of hydrogen-bond acceptors (Lipinski definition) is 10. The van der Waals surface area contributed by atoms with E-state index in [-0.39, 0.29) is 24.5 Å². The Hall–Kier alpha value is -3.53. The van der Waals surface area contributed by atoms with Gasteiger partial charge >= 0.3 is 5.97 Å². The average Bonchev–Trinajstić information content (AvgIpc) is 2.90. The first-order chi connectivity index (χ1) is 17.4. The summed E-state index contributed by atoms with van der Waals surface area (Å²) in [7, 11) is 3.19. The van der Waals surface area contributed by atoms with Crippen LogP contribution in [0.5, 0.6) is 5.75 Å². The fraction of sp³-hybridized carbons (Fsp3) is 0.500. The summed E-state index contributed by atoms with van der Waals surface area (Å²) >= 11 is 0. The Morgan fingerprint density at radius 2 is 2.06 bits per heavy atom. The molecule has 3 N–H and O–H groups in total. The highest BCUT2D eigenvalue weighted by Gasteiger charge is 2.28. The summed E-state index contributed by atoms with van der Waals surface area (Å²) in [5.41, 5.74) is 3.20. The van der Waals surface area contributed by atoms with Gasteiger partial charge in [0.05, 0.1) is 30.0 Å². The quantitative estimate of drug-likeness (QED) is 0.231. The fourth-order valence-electron chi connectivity index (χ4n) is 4.30. The van der Waals surface area contributed by atoms with E-state index in [9.17, 15) is 9.70 Å². The molecule has 10 nitrogen and oxygen atoms in total. The molecule has 2 heterocycles. The highest BCUT2D eigenvalue weighted by molar-refractivity contribution is 5.94. The zero-order valence-corrected chi connectivity index (χ0v) is 21.4. The lowest BCUT2D eigenvalue weighted by atomic mass is 9.96. The molecule has 1 aliphatic rings. The van der Waals surface area contributed by atoms with Crippen LogP contribution in [-0.2, 0) is 9.53 Å². The molecule has 1 atom stereocenters. The molecule has 36 heavy (non-hydrogen) atoms. The first-order valence-electron chi connectivity index (χ1n) is 12.2. The third-order valence-electron chi connectivity index (χ3n) is 6.14. The lowest BCUT2D eigenvalue weighted by Crippen LogP contribution is -2.37. The molecule has 3 rings (SSSR count). The van der Waals surface area contributed by atoms with Crippen molar-refractivity contribution in [2.75, 3.05) is 50.6 Å². The van der Waals surface area contributed by atoms with Gasteiger partial charge in [-0.15, -0.1) is 0 Å². The zero-order valence-electron chi connectivity index (χ0n) is 21.4. The smallest absolute Gasteiger partial charge is 0.308 e. The van der Waals surface area contributed by atoms with E-state index in [1.54, 1.807) is 7.05 Å². The van der Waals surface area contributed by atoms with Crippen molar-refractivity contribution in [1.29, 1.82) is 5.41 Å². The summed E-state index contributed by atoms with van der Waals surface area (Å²) < 4.78 is 10.8. The van der Waals surface area contributed by atoms with Crippen molar-refractivity contribution in [2.24, 2.45) is 11.1 Å². The highest BCUT2D eigenvalue weighted by Crippen LogP contribution is 2.34. The molecule has 0 radical (unpaired) electrons. The molecule has 1 aromatic carbocycles. The van der Waals surface area contributed by atoms with Crippen LogP contribution >= 0.6 is 0 Å². The van der Waals surface area contributed by atoms with Crippen molar-refractivity contribution in [3.05, 3.63) is 40.8 Å². The van der Waals surface area contributed by atoms with Crippen LogP contribution in [0.3, 0.4) is 0 Å². The fourth-order valence-corrected chi connectivity index (χ4v) is 4.30. The van der Waals surface area contributed by atoms with Crippen LogP contribution in [0.4, 0.5) is 11.5 Å². The van der Waals surface area contributed by atoms with Gasteiger partial charge in [-0.05, 0) is 51.9 Å². The first-order valence-corrected chi connectivity index (χ1v) is 12.2. The third-order valence-corrected chi connectivity index (χ3v) is 6.14. The summed E-state index contributed by atoms with van der Waals surface area (Å²) in [5.74, 6) is 0.978. The van der Waals surface area contributed by atoms with Crippen LogP contribution in [0, 0.1) is 16.2 Å². The van der Waals surface area contributed by atoms with E-state index in [1.807, 2.05) is 44.2 Å². The molecule has 10 heteroatoms. The molecule has 2 aromatic rings. The van der Waals surface area contributed by atoms with Gasteiger partial charge in [0.1, 0.15) is 24.2 Å². The third kappa shape index (κ3) is 6.78. The largest absolute Gasteiger partial charge is 0.491 e. The van der Waals surface area contributed by atoms with E-state index in [1.165, 1.54) is 13.3 Å². The minimum absolute atomic E-state index is 0.106. The maximum absolute atomic E-state index is 12.0. The van der Waals surface area contributed by atoms with Crippen LogP contribution in [0.25, 0.3) is 11.3 Å². The number of nitrogens with zero attached hydrogens (tertiary/aromatic N) is 3. The maximum atomic E-state index is 12.0. The molecular weight excluding hydrogens is 460 g/mol. The average molecular weight is 497 g/mol. The maximum Gasteiger partial charge on any atom is 0.308 e. The standard InChI is InChI=1S/C26H36N6O4/c1-17(2)29-25-22(14-27)24(32-10-8-18(9-11-32)26(33)35-4)13-23(30-25)19-6-5-7-21(12-19)36-16-20(31-34)15-28-3/h5-7,12-14,17-18,20,27-28H,8-11,15-16H2,1-4H3,(H,29,30)/t20-/m0/s1.